The number of carbonyl (C=O) groups is 1. The molecule has 20 heavy (non-hydrogen) atoms. The molecule has 0 atom stereocenters. The Morgan fingerprint density at radius 2 is 2.15 bits per heavy atom. The molecule has 0 radical (unpaired) electrons. The van der Waals surface area contributed by atoms with E-state index >= 15 is 0 Å². The van der Waals surface area contributed by atoms with E-state index in [4.69, 9.17) is 9.63 Å². The number of hydrogen-bond acceptors (Lipinski definition) is 4. The highest BCUT2D eigenvalue weighted by atomic mass is 16.5. The molecule has 0 spiro atoms. The first-order valence-electron chi connectivity index (χ1n) is 5.72. The van der Waals surface area contributed by atoms with Gasteiger partial charge in [-0.05, 0) is 6.07 Å². The average Bonchev–Trinajstić information content (AvgIpc) is 3.07. The van der Waals surface area contributed by atoms with Crippen LogP contribution >= 0.6 is 0 Å². The molecule has 0 bridgehead atoms. The third-order valence-corrected chi connectivity index (χ3v) is 2.81. The van der Waals surface area contributed by atoms with Crippen molar-refractivity contribution in [3.05, 3.63) is 59.0 Å². The van der Waals surface area contributed by atoms with Gasteiger partial charge in [-0.3, -0.25) is 4.57 Å². The Morgan fingerprint density at radius 3 is 2.80 bits per heavy atom. The molecule has 7 nitrogen and oxygen atoms in total. The summed E-state index contributed by atoms with van der Waals surface area (Å²) in [6.45, 7) is 0. The quantitative estimate of drug-likeness (QED) is 0.752. The molecular formula is C13H9N3O4. The summed E-state index contributed by atoms with van der Waals surface area (Å²) in [6, 6.07) is 8.33. The highest BCUT2D eigenvalue weighted by molar-refractivity contribution is 5.86. The number of H-pyrrole nitrogens is 1. The average molecular weight is 271 g/mol. The molecule has 7 heteroatoms. The van der Waals surface area contributed by atoms with Crippen LogP contribution in [0.3, 0.4) is 0 Å². The van der Waals surface area contributed by atoms with Crippen molar-refractivity contribution in [3.8, 4) is 16.9 Å². The number of aromatic amines is 1. The van der Waals surface area contributed by atoms with Crippen LogP contribution in [-0.2, 0) is 0 Å². The maximum atomic E-state index is 11.7. The Labute approximate surface area is 112 Å². The fourth-order valence-electron chi connectivity index (χ4n) is 1.91. The molecule has 2 aromatic heterocycles. The van der Waals surface area contributed by atoms with Crippen molar-refractivity contribution in [2.24, 2.45) is 0 Å². The second-order valence-electron chi connectivity index (χ2n) is 4.03. The summed E-state index contributed by atoms with van der Waals surface area (Å²) >= 11 is 0. The van der Waals surface area contributed by atoms with Crippen LogP contribution in [0.5, 0.6) is 0 Å². The van der Waals surface area contributed by atoms with Crippen molar-refractivity contribution in [1.82, 2.24) is 14.7 Å². The van der Waals surface area contributed by atoms with Crippen molar-refractivity contribution in [2.45, 2.75) is 0 Å². The van der Waals surface area contributed by atoms with Gasteiger partial charge in [-0.25, -0.2) is 9.59 Å². The second-order valence-corrected chi connectivity index (χ2v) is 4.03. The number of imidazole rings is 1. The zero-order valence-electron chi connectivity index (χ0n) is 10.1. The molecule has 0 saturated carbocycles. The Kier molecular flexibility index (Phi) is 2.72. The molecule has 0 saturated heterocycles. The van der Waals surface area contributed by atoms with Gasteiger partial charge in [0.2, 0.25) is 5.76 Å². The molecule has 3 aromatic rings. The zero-order valence-corrected chi connectivity index (χ0v) is 10.1. The molecule has 1 aromatic carbocycles. The van der Waals surface area contributed by atoms with Gasteiger partial charge in [0.05, 0.1) is 5.69 Å². The topological polar surface area (TPSA) is 101 Å². The highest BCUT2D eigenvalue weighted by Gasteiger charge is 2.15. The molecule has 0 unspecified atom stereocenters. The van der Waals surface area contributed by atoms with Gasteiger partial charge in [0.25, 0.3) is 0 Å². The lowest BCUT2D eigenvalue weighted by Crippen LogP contribution is -2.14. The largest absolute Gasteiger partial charge is 0.475 e. The first-order valence-corrected chi connectivity index (χ1v) is 5.72. The molecule has 0 aliphatic carbocycles. The Balaban J connectivity index is 2.17. The fraction of sp³-hybridized carbons (Fsp3) is 0. The molecule has 3 rings (SSSR count). The van der Waals surface area contributed by atoms with Crippen molar-refractivity contribution in [3.63, 3.8) is 0 Å². The molecule has 0 amide bonds. The van der Waals surface area contributed by atoms with Gasteiger partial charge in [-0.15, -0.1) is 0 Å². The van der Waals surface area contributed by atoms with Gasteiger partial charge >= 0.3 is 11.7 Å². The van der Waals surface area contributed by atoms with Crippen molar-refractivity contribution < 1.29 is 14.4 Å². The second kappa shape index (κ2) is 4.54. The molecule has 0 aliphatic rings. The van der Waals surface area contributed by atoms with Crippen LogP contribution in [0.2, 0.25) is 0 Å². The number of aromatic nitrogens is 3. The Bertz CT molecular complexity index is 828. The molecule has 100 valence electrons. The Hall–Kier alpha value is -3.09. The minimum atomic E-state index is -1.19. The van der Waals surface area contributed by atoms with Crippen LogP contribution in [0.4, 0.5) is 0 Å². The van der Waals surface area contributed by atoms with Crippen LogP contribution < -0.4 is 5.69 Å². The first-order chi connectivity index (χ1) is 9.66. The van der Waals surface area contributed by atoms with Gasteiger partial charge in [-0.1, -0.05) is 23.4 Å². The maximum Gasteiger partial charge on any atom is 0.374 e. The van der Waals surface area contributed by atoms with E-state index in [0.717, 1.165) is 0 Å². The van der Waals surface area contributed by atoms with Gasteiger partial charge in [0, 0.05) is 24.0 Å². The van der Waals surface area contributed by atoms with E-state index < -0.39 is 5.97 Å². The number of rotatable bonds is 3. The summed E-state index contributed by atoms with van der Waals surface area (Å²) < 4.78 is 6.15. The summed E-state index contributed by atoms with van der Waals surface area (Å²) in [5.74, 6) is -1.45. The van der Waals surface area contributed by atoms with E-state index in [1.807, 2.05) is 0 Å². The number of hydrogen-bond donors (Lipinski definition) is 2. The zero-order chi connectivity index (χ0) is 14.1. The monoisotopic (exact) mass is 271 g/mol. The lowest BCUT2D eigenvalue weighted by Gasteiger charge is -2.06. The molecule has 2 N–H and O–H groups in total. The summed E-state index contributed by atoms with van der Waals surface area (Å²) in [6.07, 6.45) is 3.10. The minimum absolute atomic E-state index is 0.254. The third kappa shape index (κ3) is 1.91. The van der Waals surface area contributed by atoms with Crippen molar-refractivity contribution in [1.29, 1.82) is 0 Å². The third-order valence-electron chi connectivity index (χ3n) is 2.81. The number of aromatic carboxylic acids is 1. The van der Waals surface area contributed by atoms with Crippen LogP contribution in [0.1, 0.15) is 10.6 Å². The van der Waals surface area contributed by atoms with E-state index in [1.165, 1.54) is 16.8 Å². The SMILES string of the molecule is O=C(O)c1cc(-c2ccccc2-n2cc[nH]c2=O)no1. The lowest BCUT2D eigenvalue weighted by molar-refractivity contribution is 0.0652. The first kappa shape index (κ1) is 12.0. The van der Waals surface area contributed by atoms with E-state index in [-0.39, 0.29) is 11.4 Å². The van der Waals surface area contributed by atoms with E-state index in [0.29, 0.717) is 16.9 Å². The van der Waals surface area contributed by atoms with Crippen LogP contribution in [-0.4, -0.2) is 25.8 Å². The minimum Gasteiger partial charge on any atom is -0.475 e. The van der Waals surface area contributed by atoms with Gasteiger partial charge in [-0.2, -0.15) is 0 Å². The van der Waals surface area contributed by atoms with Crippen molar-refractivity contribution >= 4 is 5.97 Å². The summed E-state index contributed by atoms with van der Waals surface area (Å²) in [5, 5.41) is 12.6. The van der Waals surface area contributed by atoms with Gasteiger partial charge < -0.3 is 14.6 Å². The van der Waals surface area contributed by atoms with Crippen LogP contribution in [0.15, 0.2) is 52.0 Å². The molecular weight excluding hydrogens is 262 g/mol. The summed E-state index contributed by atoms with van der Waals surface area (Å²) in [5.41, 5.74) is 1.25. The number of carboxylic acids is 1. The number of para-hydroxylation sites is 1. The van der Waals surface area contributed by atoms with Gasteiger partial charge in [0.1, 0.15) is 5.69 Å². The number of nitrogens with zero attached hydrogens (tertiary/aromatic N) is 2. The number of benzene rings is 1. The molecule has 0 aliphatic heterocycles. The molecule has 2 heterocycles. The van der Waals surface area contributed by atoms with Crippen LogP contribution in [0.25, 0.3) is 16.9 Å². The maximum absolute atomic E-state index is 11.7. The Morgan fingerprint density at radius 1 is 1.35 bits per heavy atom. The van der Waals surface area contributed by atoms with E-state index in [9.17, 15) is 9.59 Å². The lowest BCUT2D eigenvalue weighted by atomic mass is 10.1. The van der Waals surface area contributed by atoms with Crippen molar-refractivity contribution in [2.75, 3.05) is 0 Å². The normalized spacial score (nSPS) is 10.6. The predicted octanol–water partition coefficient (Wildman–Crippen LogP) is 1.52. The predicted molar refractivity (Wildman–Crippen MR) is 68.8 cm³/mol. The fourth-order valence-corrected chi connectivity index (χ4v) is 1.91. The van der Waals surface area contributed by atoms with Crippen LogP contribution in [0, 0.1) is 0 Å². The smallest absolute Gasteiger partial charge is 0.374 e. The number of carboxylic acid groups (broad SMARTS) is 1. The van der Waals surface area contributed by atoms with Gasteiger partial charge in [0.15, 0.2) is 0 Å². The standard InChI is InChI=1S/C13H9N3O4/c17-12(18)11-7-9(15-20-11)8-3-1-2-4-10(8)16-6-5-14-13(16)19/h1-7H,(H,14,19)(H,17,18). The van der Waals surface area contributed by atoms with E-state index in [2.05, 4.69) is 10.1 Å². The van der Waals surface area contributed by atoms with E-state index in [1.54, 1.807) is 30.5 Å². The summed E-state index contributed by atoms with van der Waals surface area (Å²) in [4.78, 5) is 25.0. The number of nitrogens with one attached hydrogen (secondary N) is 1. The summed E-state index contributed by atoms with van der Waals surface area (Å²) in [7, 11) is 0. The molecule has 0 fully saturated rings. The highest BCUT2D eigenvalue weighted by Crippen LogP contribution is 2.25.